The van der Waals surface area contributed by atoms with Crippen molar-refractivity contribution in [1.82, 2.24) is 4.90 Å². The Morgan fingerprint density at radius 2 is 2.05 bits per heavy atom. The molecule has 6 heteroatoms. The summed E-state index contributed by atoms with van der Waals surface area (Å²) in [6.07, 6.45) is 0.847. The lowest BCUT2D eigenvalue weighted by molar-refractivity contribution is -0.127. The van der Waals surface area contributed by atoms with Crippen LogP contribution in [0.2, 0.25) is 0 Å². The van der Waals surface area contributed by atoms with Crippen LogP contribution < -0.4 is 15.4 Å². The molecule has 0 radical (unpaired) electrons. The molecular formula is C14H22FN3O2. The van der Waals surface area contributed by atoms with Gasteiger partial charge in [-0.15, -0.1) is 0 Å². The number of ether oxygens (including phenoxy) is 1. The average molecular weight is 283 g/mol. The number of carbonyl (C=O) groups is 1. The van der Waals surface area contributed by atoms with E-state index in [9.17, 15) is 9.18 Å². The molecule has 0 unspecified atom stereocenters. The largest absolute Gasteiger partial charge is 0.494 e. The van der Waals surface area contributed by atoms with Gasteiger partial charge in [0.1, 0.15) is 0 Å². The molecule has 0 saturated heterocycles. The minimum Gasteiger partial charge on any atom is -0.494 e. The van der Waals surface area contributed by atoms with Crippen molar-refractivity contribution in [3.8, 4) is 5.75 Å². The molecule has 5 nitrogen and oxygen atoms in total. The van der Waals surface area contributed by atoms with Crippen LogP contribution in [0.1, 0.15) is 13.3 Å². The Morgan fingerprint density at radius 3 is 2.55 bits per heavy atom. The quantitative estimate of drug-likeness (QED) is 0.808. The SMILES string of the molecule is CCCN(CC(=O)N(C)C)c1cc(OC)c(F)cc1N. The highest BCUT2D eigenvalue weighted by atomic mass is 19.1. The van der Waals surface area contributed by atoms with Crippen molar-refractivity contribution in [3.63, 3.8) is 0 Å². The third-order valence-corrected chi connectivity index (χ3v) is 2.96. The van der Waals surface area contributed by atoms with Crippen LogP contribution in [0, 0.1) is 5.82 Å². The second kappa shape index (κ2) is 6.98. The van der Waals surface area contributed by atoms with E-state index in [1.54, 1.807) is 14.1 Å². The molecule has 0 aliphatic rings. The smallest absolute Gasteiger partial charge is 0.241 e. The van der Waals surface area contributed by atoms with Crippen LogP contribution in [0.5, 0.6) is 5.75 Å². The molecule has 1 aromatic carbocycles. The number of hydrogen-bond donors (Lipinski definition) is 1. The molecule has 1 aromatic rings. The maximum atomic E-state index is 13.6. The van der Waals surface area contributed by atoms with Gasteiger partial charge in [0.25, 0.3) is 0 Å². The number of likely N-dealkylation sites (N-methyl/N-ethyl adjacent to an activating group) is 1. The van der Waals surface area contributed by atoms with Gasteiger partial charge < -0.3 is 20.3 Å². The molecule has 0 spiro atoms. The Balaban J connectivity index is 3.10. The Kier molecular flexibility index (Phi) is 5.61. The van der Waals surface area contributed by atoms with Gasteiger partial charge in [-0.2, -0.15) is 0 Å². The van der Waals surface area contributed by atoms with Gasteiger partial charge in [0.15, 0.2) is 11.6 Å². The van der Waals surface area contributed by atoms with Crippen molar-refractivity contribution in [2.24, 2.45) is 0 Å². The van der Waals surface area contributed by atoms with Gasteiger partial charge in [0, 0.05) is 32.8 Å². The van der Waals surface area contributed by atoms with E-state index < -0.39 is 5.82 Å². The van der Waals surface area contributed by atoms with Crippen molar-refractivity contribution in [1.29, 1.82) is 0 Å². The zero-order valence-electron chi connectivity index (χ0n) is 12.4. The van der Waals surface area contributed by atoms with Gasteiger partial charge in [-0.1, -0.05) is 6.92 Å². The molecule has 1 rings (SSSR count). The highest BCUT2D eigenvalue weighted by Crippen LogP contribution is 2.31. The van der Waals surface area contributed by atoms with E-state index in [1.165, 1.54) is 24.1 Å². The van der Waals surface area contributed by atoms with E-state index in [2.05, 4.69) is 0 Å². The number of rotatable bonds is 6. The molecule has 0 atom stereocenters. The first-order valence-electron chi connectivity index (χ1n) is 6.48. The van der Waals surface area contributed by atoms with Crippen molar-refractivity contribution in [2.45, 2.75) is 13.3 Å². The maximum Gasteiger partial charge on any atom is 0.241 e. The molecule has 20 heavy (non-hydrogen) atoms. The van der Waals surface area contributed by atoms with Gasteiger partial charge in [0.05, 0.1) is 25.0 Å². The maximum absolute atomic E-state index is 13.6. The van der Waals surface area contributed by atoms with E-state index >= 15 is 0 Å². The Morgan fingerprint density at radius 1 is 1.40 bits per heavy atom. The average Bonchev–Trinajstić information content (AvgIpc) is 2.38. The summed E-state index contributed by atoms with van der Waals surface area (Å²) >= 11 is 0. The van der Waals surface area contributed by atoms with E-state index in [0.29, 0.717) is 17.9 Å². The fourth-order valence-corrected chi connectivity index (χ4v) is 1.85. The molecule has 0 fully saturated rings. The molecule has 0 aliphatic carbocycles. The topological polar surface area (TPSA) is 58.8 Å². The lowest BCUT2D eigenvalue weighted by Gasteiger charge is -2.27. The van der Waals surface area contributed by atoms with Crippen molar-refractivity contribution < 1.29 is 13.9 Å². The Bertz CT molecular complexity index is 478. The molecule has 0 bridgehead atoms. The van der Waals surface area contributed by atoms with Crippen molar-refractivity contribution in [3.05, 3.63) is 17.9 Å². The number of methoxy groups -OCH3 is 1. The van der Waals surface area contributed by atoms with Crippen LogP contribution in [0.4, 0.5) is 15.8 Å². The first kappa shape index (κ1) is 16.1. The van der Waals surface area contributed by atoms with Gasteiger partial charge in [-0.25, -0.2) is 4.39 Å². The van der Waals surface area contributed by atoms with Crippen molar-refractivity contribution >= 4 is 17.3 Å². The van der Waals surface area contributed by atoms with Gasteiger partial charge >= 0.3 is 0 Å². The molecule has 0 heterocycles. The normalized spacial score (nSPS) is 10.2. The summed E-state index contributed by atoms with van der Waals surface area (Å²) in [5, 5.41) is 0. The summed E-state index contributed by atoms with van der Waals surface area (Å²) in [7, 11) is 4.79. The molecule has 1 amide bonds. The number of carbonyl (C=O) groups excluding carboxylic acids is 1. The number of hydrogen-bond acceptors (Lipinski definition) is 4. The minimum absolute atomic E-state index is 0.0406. The van der Waals surface area contributed by atoms with E-state index in [0.717, 1.165) is 6.42 Å². The van der Waals surface area contributed by atoms with Gasteiger partial charge in [-0.05, 0) is 6.42 Å². The summed E-state index contributed by atoms with van der Waals surface area (Å²) in [6.45, 7) is 2.85. The molecule has 0 saturated carbocycles. The molecule has 0 aliphatic heterocycles. The number of nitrogen functional groups attached to an aromatic ring is 1. The standard InChI is InChI=1S/C14H22FN3O2/c1-5-6-18(9-14(19)17(2)3)12-8-13(20-4)10(15)7-11(12)16/h7-8H,5-6,9,16H2,1-4H3. The van der Waals surface area contributed by atoms with Gasteiger partial charge in [-0.3, -0.25) is 4.79 Å². The summed E-state index contributed by atoms with van der Waals surface area (Å²) in [6, 6.07) is 2.75. The summed E-state index contributed by atoms with van der Waals surface area (Å²) in [4.78, 5) is 15.2. The van der Waals surface area contributed by atoms with E-state index in [-0.39, 0.29) is 18.2 Å². The first-order valence-corrected chi connectivity index (χ1v) is 6.48. The highest BCUT2D eigenvalue weighted by Gasteiger charge is 2.17. The summed E-state index contributed by atoms with van der Waals surface area (Å²) in [5.74, 6) is -0.433. The predicted molar refractivity (Wildman–Crippen MR) is 78.6 cm³/mol. The lowest BCUT2D eigenvalue weighted by atomic mass is 10.2. The number of anilines is 2. The molecule has 0 aromatic heterocycles. The monoisotopic (exact) mass is 283 g/mol. The van der Waals surface area contributed by atoms with Gasteiger partial charge in [0.2, 0.25) is 5.91 Å². The molecular weight excluding hydrogens is 261 g/mol. The van der Waals surface area contributed by atoms with Crippen LogP contribution in [-0.4, -0.2) is 45.1 Å². The zero-order valence-corrected chi connectivity index (χ0v) is 12.4. The second-order valence-electron chi connectivity index (χ2n) is 4.76. The zero-order chi connectivity index (χ0) is 15.3. The number of benzene rings is 1. The van der Waals surface area contributed by atoms with Crippen molar-refractivity contribution in [2.75, 3.05) is 44.9 Å². The number of nitrogens with zero attached hydrogens (tertiary/aromatic N) is 2. The minimum atomic E-state index is -0.510. The summed E-state index contributed by atoms with van der Waals surface area (Å²) < 4.78 is 18.5. The lowest BCUT2D eigenvalue weighted by Crippen LogP contribution is -2.37. The number of amides is 1. The van der Waals surface area contributed by atoms with Crippen LogP contribution >= 0.6 is 0 Å². The van der Waals surface area contributed by atoms with E-state index in [4.69, 9.17) is 10.5 Å². The second-order valence-corrected chi connectivity index (χ2v) is 4.76. The van der Waals surface area contributed by atoms with Crippen LogP contribution in [0.15, 0.2) is 12.1 Å². The Labute approximate surface area is 119 Å². The third kappa shape index (κ3) is 3.76. The number of nitrogens with two attached hydrogens (primary N) is 1. The van der Waals surface area contributed by atoms with Crippen LogP contribution in [0.3, 0.4) is 0 Å². The summed E-state index contributed by atoms with van der Waals surface area (Å²) in [5.41, 5.74) is 6.77. The molecule has 2 N–H and O–H groups in total. The van der Waals surface area contributed by atoms with E-state index in [1.807, 2.05) is 11.8 Å². The van der Waals surface area contributed by atoms with Crippen LogP contribution in [-0.2, 0) is 4.79 Å². The Hall–Kier alpha value is -1.98. The molecule has 112 valence electrons. The predicted octanol–water partition coefficient (Wildman–Crippen LogP) is 1.72. The fraction of sp³-hybridized carbons (Fsp3) is 0.500. The number of halogens is 1. The van der Waals surface area contributed by atoms with Crippen LogP contribution in [0.25, 0.3) is 0 Å². The first-order chi connectivity index (χ1) is 9.40. The third-order valence-electron chi connectivity index (χ3n) is 2.96. The fourth-order valence-electron chi connectivity index (χ4n) is 1.85. The highest BCUT2D eigenvalue weighted by molar-refractivity contribution is 5.83.